The number of rotatable bonds is 5. The number of halogens is 4. The molecule has 0 N–H and O–H groups in total. The van der Waals surface area contributed by atoms with Crippen LogP contribution in [0.3, 0.4) is 0 Å². The highest BCUT2D eigenvalue weighted by molar-refractivity contribution is 9.10. The van der Waals surface area contributed by atoms with Crippen LogP contribution in [0.4, 0.5) is 4.39 Å². The molecule has 0 atom stereocenters. The first kappa shape index (κ1) is 17.2. The molecule has 0 saturated heterocycles. The van der Waals surface area contributed by atoms with Crippen LogP contribution >= 0.6 is 47.8 Å². The lowest BCUT2D eigenvalue weighted by molar-refractivity contribution is 0.522. The number of benzene rings is 2. The SMILES string of the molecule is Cc1cccc(C(CBr)(CBr)Cc2ccc(Br)cc2F)c1. The highest BCUT2D eigenvalue weighted by Gasteiger charge is 2.31. The molecular weight excluding hydrogens is 463 g/mol. The smallest absolute Gasteiger partial charge is 0.127 e. The van der Waals surface area contributed by atoms with Crippen LogP contribution in [-0.2, 0) is 11.8 Å². The number of hydrogen-bond donors (Lipinski definition) is 0. The summed E-state index contributed by atoms with van der Waals surface area (Å²) in [5, 5.41) is 1.54. The van der Waals surface area contributed by atoms with Crippen molar-refractivity contribution in [1.82, 2.24) is 0 Å². The van der Waals surface area contributed by atoms with E-state index in [9.17, 15) is 4.39 Å². The molecule has 0 nitrogen and oxygen atoms in total. The third-order valence-electron chi connectivity index (χ3n) is 3.69. The molecule has 2 aromatic carbocycles. The van der Waals surface area contributed by atoms with Gasteiger partial charge in [0.15, 0.2) is 0 Å². The van der Waals surface area contributed by atoms with E-state index < -0.39 is 0 Å². The summed E-state index contributed by atoms with van der Waals surface area (Å²) < 4.78 is 15.0. The summed E-state index contributed by atoms with van der Waals surface area (Å²) in [6, 6.07) is 13.7. The van der Waals surface area contributed by atoms with Crippen molar-refractivity contribution in [3.8, 4) is 0 Å². The van der Waals surface area contributed by atoms with Gasteiger partial charge < -0.3 is 0 Å². The molecule has 0 spiro atoms. The summed E-state index contributed by atoms with van der Waals surface area (Å²) in [4.78, 5) is 0. The molecule has 0 unspecified atom stereocenters. The molecule has 0 aliphatic rings. The standard InChI is InChI=1S/C17H16Br3F/c1-12-3-2-4-14(7-12)17(10-18,11-19)9-13-5-6-15(20)8-16(13)21/h2-8H,9-11H2,1H3. The summed E-state index contributed by atoms with van der Waals surface area (Å²) >= 11 is 10.6. The van der Waals surface area contributed by atoms with Crippen molar-refractivity contribution < 1.29 is 4.39 Å². The Kier molecular flexibility index (Phi) is 6.04. The van der Waals surface area contributed by atoms with Gasteiger partial charge in [0.05, 0.1) is 0 Å². The lowest BCUT2D eigenvalue weighted by atomic mass is 9.78. The van der Waals surface area contributed by atoms with Crippen molar-refractivity contribution in [3.05, 3.63) is 69.4 Å². The van der Waals surface area contributed by atoms with Gasteiger partial charge in [0.25, 0.3) is 0 Å². The van der Waals surface area contributed by atoms with Crippen molar-refractivity contribution in [3.63, 3.8) is 0 Å². The van der Waals surface area contributed by atoms with Crippen LogP contribution in [0, 0.1) is 12.7 Å². The summed E-state index contributed by atoms with van der Waals surface area (Å²) in [5.74, 6) is -0.164. The van der Waals surface area contributed by atoms with Gasteiger partial charge >= 0.3 is 0 Å². The second kappa shape index (κ2) is 7.38. The second-order valence-corrected chi connectivity index (χ2v) is 7.37. The molecule has 0 aromatic heterocycles. The lowest BCUT2D eigenvalue weighted by Gasteiger charge is -2.31. The van der Waals surface area contributed by atoms with Crippen LogP contribution in [0.25, 0.3) is 0 Å². The molecule has 0 fully saturated rings. The summed E-state index contributed by atoms with van der Waals surface area (Å²) in [6.45, 7) is 2.08. The van der Waals surface area contributed by atoms with Gasteiger partial charge in [-0.05, 0) is 36.6 Å². The van der Waals surface area contributed by atoms with Crippen LogP contribution in [-0.4, -0.2) is 10.7 Å². The van der Waals surface area contributed by atoms with Gasteiger partial charge in [-0.3, -0.25) is 0 Å². The van der Waals surface area contributed by atoms with Crippen LogP contribution in [0.15, 0.2) is 46.9 Å². The van der Waals surface area contributed by atoms with E-state index in [1.807, 2.05) is 12.1 Å². The minimum Gasteiger partial charge on any atom is -0.207 e. The van der Waals surface area contributed by atoms with Crippen LogP contribution in [0.2, 0.25) is 0 Å². The fraction of sp³-hybridized carbons (Fsp3) is 0.294. The highest BCUT2D eigenvalue weighted by atomic mass is 79.9. The van der Waals surface area contributed by atoms with E-state index in [-0.39, 0.29) is 11.2 Å². The van der Waals surface area contributed by atoms with E-state index >= 15 is 0 Å². The normalized spacial score (nSPS) is 11.7. The van der Waals surface area contributed by atoms with Crippen molar-refractivity contribution in [1.29, 1.82) is 0 Å². The van der Waals surface area contributed by atoms with Crippen molar-refractivity contribution in [2.24, 2.45) is 0 Å². The Hall–Kier alpha value is -0.190. The van der Waals surface area contributed by atoms with Crippen molar-refractivity contribution in [2.75, 3.05) is 10.7 Å². The Morgan fingerprint density at radius 2 is 1.76 bits per heavy atom. The van der Waals surface area contributed by atoms with Gasteiger partial charge in [-0.15, -0.1) is 0 Å². The number of aryl methyl sites for hydroxylation is 1. The molecule has 0 aliphatic carbocycles. The molecule has 0 heterocycles. The van der Waals surface area contributed by atoms with Gasteiger partial charge in [-0.2, -0.15) is 0 Å². The fourth-order valence-corrected chi connectivity index (χ4v) is 4.70. The number of hydrogen-bond acceptors (Lipinski definition) is 0. The summed E-state index contributed by atoms with van der Waals surface area (Å²) in [6.07, 6.45) is 0.645. The second-order valence-electron chi connectivity index (χ2n) is 5.33. The summed E-state index contributed by atoms with van der Waals surface area (Å²) in [7, 11) is 0. The zero-order chi connectivity index (χ0) is 15.5. The Labute approximate surface area is 150 Å². The van der Waals surface area contributed by atoms with Gasteiger partial charge in [0.2, 0.25) is 0 Å². The highest BCUT2D eigenvalue weighted by Crippen LogP contribution is 2.34. The first-order chi connectivity index (χ1) is 10.0. The quantitative estimate of drug-likeness (QED) is 0.451. The monoisotopic (exact) mass is 476 g/mol. The van der Waals surface area contributed by atoms with Gasteiger partial charge in [-0.25, -0.2) is 4.39 Å². The Morgan fingerprint density at radius 1 is 1.05 bits per heavy atom. The van der Waals surface area contributed by atoms with Gasteiger partial charge in [0, 0.05) is 20.5 Å². The first-order valence-electron chi connectivity index (χ1n) is 6.64. The largest absolute Gasteiger partial charge is 0.207 e. The molecule has 0 saturated carbocycles. The fourth-order valence-electron chi connectivity index (χ4n) is 2.39. The van der Waals surface area contributed by atoms with Crippen molar-refractivity contribution >= 4 is 47.8 Å². The van der Waals surface area contributed by atoms with E-state index in [0.717, 1.165) is 20.7 Å². The van der Waals surface area contributed by atoms with E-state index in [0.29, 0.717) is 6.42 Å². The zero-order valence-electron chi connectivity index (χ0n) is 11.7. The predicted octanol–water partition coefficient (Wildman–Crippen LogP) is 6.17. The average Bonchev–Trinajstić information content (AvgIpc) is 2.47. The van der Waals surface area contributed by atoms with E-state index in [1.165, 1.54) is 17.2 Å². The molecule has 0 aliphatic heterocycles. The molecule has 112 valence electrons. The Balaban J connectivity index is 2.43. The molecule has 0 amide bonds. The molecule has 0 radical (unpaired) electrons. The molecule has 21 heavy (non-hydrogen) atoms. The van der Waals surface area contributed by atoms with E-state index in [2.05, 4.69) is 79.0 Å². The maximum atomic E-state index is 14.2. The van der Waals surface area contributed by atoms with Gasteiger partial charge in [-0.1, -0.05) is 83.7 Å². The summed E-state index contributed by atoms with van der Waals surface area (Å²) in [5.41, 5.74) is 3.01. The Bertz CT molecular complexity index is 621. The minimum atomic E-state index is -0.166. The molecule has 2 rings (SSSR count). The predicted molar refractivity (Wildman–Crippen MR) is 98.2 cm³/mol. The zero-order valence-corrected chi connectivity index (χ0v) is 16.4. The van der Waals surface area contributed by atoms with E-state index in [1.54, 1.807) is 0 Å². The van der Waals surface area contributed by atoms with Crippen LogP contribution in [0.1, 0.15) is 16.7 Å². The van der Waals surface area contributed by atoms with Gasteiger partial charge in [0.1, 0.15) is 5.82 Å². The first-order valence-corrected chi connectivity index (χ1v) is 9.67. The molecule has 0 bridgehead atoms. The third kappa shape index (κ3) is 3.96. The van der Waals surface area contributed by atoms with Crippen LogP contribution in [0.5, 0.6) is 0 Å². The van der Waals surface area contributed by atoms with Crippen molar-refractivity contribution in [2.45, 2.75) is 18.8 Å². The lowest BCUT2D eigenvalue weighted by Crippen LogP contribution is -2.33. The number of alkyl halides is 2. The third-order valence-corrected chi connectivity index (χ3v) is 6.33. The minimum absolute atomic E-state index is 0.164. The average molecular weight is 479 g/mol. The maximum absolute atomic E-state index is 14.2. The molecular formula is C17H16Br3F. The molecule has 2 aromatic rings. The topological polar surface area (TPSA) is 0 Å². The maximum Gasteiger partial charge on any atom is 0.127 e. The van der Waals surface area contributed by atoms with E-state index in [4.69, 9.17) is 0 Å². The Morgan fingerprint density at radius 3 is 2.33 bits per heavy atom. The molecule has 4 heteroatoms. The van der Waals surface area contributed by atoms with Crippen LogP contribution < -0.4 is 0 Å².